The molecule has 6 heteroatoms. The summed E-state index contributed by atoms with van der Waals surface area (Å²) in [6.45, 7) is 1.51. The number of fused-ring (bicyclic) bond motifs is 1. The lowest BCUT2D eigenvalue weighted by molar-refractivity contribution is -0.123. The van der Waals surface area contributed by atoms with Gasteiger partial charge in [-0.3, -0.25) is 9.69 Å². The zero-order chi connectivity index (χ0) is 21.6. The second kappa shape index (κ2) is 10.2. The molecule has 1 saturated carbocycles. The first kappa shape index (κ1) is 21.7. The Morgan fingerprint density at radius 1 is 1.16 bits per heavy atom. The van der Waals surface area contributed by atoms with Crippen LogP contribution in [-0.2, 0) is 17.8 Å². The quantitative estimate of drug-likeness (QED) is 0.682. The van der Waals surface area contributed by atoms with Gasteiger partial charge in [-0.25, -0.2) is 0 Å². The maximum absolute atomic E-state index is 12.8. The molecule has 1 unspecified atom stereocenters. The van der Waals surface area contributed by atoms with Crippen molar-refractivity contribution >= 4 is 5.91 Å². The molecular weight excluding hydrogens is 392 g/mol. The highest BCUT2D eigenvalue weighted by molar-refractivity contribution is 5.78. The number of para-hydroxylation sites is 1. The number of hydrogen-bond acceptors (Lipinski definition) is 5. The maximum Gasteiger partial charge on any atom is 0.234 e. The van der Waals surface area contributed by atoms with E-state index in [0.29, 0.717) is 19.6 Å². The third kappa shape index (κ3) is 5.77. The largest absolute Gasteiger partial charge is 0.497 e. The summed E-state index contributed by atoms with van der Waals surface area (Å²) in [5.74, 6) is 1.75. The number of nitrogens with one attached hydrogen (secondary N) is 1. The Hall–Kier alpha value is -2.57. The van der Waals surface area contributed by atoms with E-state index in [1.165, 1.54) is 5.56 Å². The molecule has 6 nitrogen and oxygen atoms in total. The van der Waals surface area contributed by atoms with E-state index < -0.39 is 0 Å². The Balaban J connectivity index is 1.35. The van der Waals surface area contributed by atoms with Crippen LogP contribution in [0.15, 0.2) is 48.5 Å². The summed E-state index contributed by atoms with van der Waals surface area (Å²) >= 11 is 0. The summed E-state index contributed by atoms with van der Waals surface area (Å²) in [4.78, 5) is 15.1. The SMILES string of the molecule is COc1cccc(CN(CC(=O)NCC2Cc3ccccc3O2)C2CCC(O)CC2)c1. The predicted octanol–water partition coefficient (Wildman–Crippen LogP) is 2.92. The molecule has 1 heterocycles. The molecule has 1 amide bonds. The molecule has 2 aliphatic rings. The van der Waals surface area contributed by atoms with Crippen molar-refractivity contribution in [3.05, 3.63) is 59.7 Å². The van der Waals surface area contributed by atoms with Crippen LogP contribution in [0.5, 0.6) is 11.5 Å². The molecule has 2 aromatic rings. The predicted molar refractivity (Wildman–Crippen MR) is 119 cm³/mol. The van der Waals surface area contributed by atoms with Crippen LogP contribution in [0.4, 0.5) is 0 Å². The van der Waals surface area contributed by atoms with Crippen molar-refractivity contribution in [2.45, 2.75) is 56.9 Å². The van der Waals surface area contributed by atoms with Gasteiger partial charge in [0.25, 0.3) is 0 Å². The smallest absolute Gasteiger partial charge is 0.234 e. The van der Waals surface area contributed by atoms with Gasteiger partial charge in [0, 0.05) is 19.0 Å². The lowest BCUT2D eigenvalue weighted by atomic mass is 9.91. The van der Waals surface area contributed by atoms with Gasteiger partial charge in [-0.1, -0.05) is 30.3 Å². The van der Waals surface area contributed by atoms with Crippen molar-refractivity contribution in [1.82, 2.24) is 10.2 Å². The van der Waals surface area contributed by atoms with Gasteiger partial charge in [0.2, 0.25) is 5.91 Å². The molecule has 0 aromatic heterocycles. The summed E-state index contributed by atoms with van der Waals surface area (Å²) in [5, 5.41) is 13.0. The Morgan fingerprint density at radius 3 is 2.74 bits per heavy atom. The Labute approximate surface area is 184 Å². The Kier molecular flexibility index (Phi) is 7.10. The minimum atomic E-state index is -0.218. The number of carbonyl (C=O) groups excluding carboxylic acids is 1. The van der Waals surface area contributed by atoms with E-state index >= 15 is 0 Å². The first-order chi connectivity index (χ1) is 15.1. The zero-order valence-electron chi connectivity index (χ0n) is 18.1. The van der Waals surface area contributed by atoms with Gasteiger partial charge in [0.15, 0.2) is 0 Å². The highest BCUT2D eigenvalue weighted by Crippen LogP contribution is 2.28. The summed E-state index contributed by atoms with van der Waals surface area (Å²) in [7, 11) is 1.66. The number of benzene rings is 2. The molecule has 2 aromatic carbocycles. The highest BCUT2D eigenvalue weighted by atomic mass is 16.5. The number of aliphatic hydroxyl groups is 1. The van der Waals surface area contributed by atoms with Crippen molar-refractivity contribution < 1.29 is 19.4 Å². The maximum atomic E-state index is 12.8. The van der Waals surface area contributed by atoms with E-state index in [0.717, 1.165) is 49.2 Å². The first-order valence-electron chi connectivity index (χ1n) is 11.2. The van der Waals surface area contributed by atoms with E-state index in [9.17, 15) is 9.90 Å². The van der Waals surface area contributed by atoms with E-state index in [4.69, 9.17) is 9.47 Å². The molecule has 4 rings (SSSR count). The molecule has 2 N–H and O–H groups in total. The number of amides is 1. The third-order valence-electron chi connectivity index (χ3n) is 6.29. The van der Waals surface area contributed by atoms with Crippen LogP contribution >= 0.6 is 0 Å². The standard InChI is InChI=1S/C25H32N2O4/c1-30-22-7-4-5-18(13-22)16-27(20-9-11-21(28)12-10-20)17-25(29)26-15-23-14-19-6-2-3-8-24(19)31-23/h2-8,13,20-21,23,28H,9-12,14-17H2,1H3,(H,26,29). The van der Waals surface area contributed by atoms with Crippen LogP contribution in [0.25, 0.3) is 0 Å². The molecule has 31 heavy (non-hydrogen) atoms. The van der Waals surface area contributed by atoms with Gasteiger partial charge < -0.3 is 19.9 Å². The van der Waals surface area contributed by atoms with Crippen molar-refractivity contribution in [1.29, 1.82) is 0 Å². The second-order valence-electron chi connectivity index (χ2n) is 8.57. The van der Waals surface area contributed by atoms with Crippen molar-refractivity contribution in [3.63, 3.8) is 0 Å². The van der Waals surface area contributed by atoms with Gasteiger partial charge in [-0.05, 0) is 55.0 Å². The topological polar surface area (TPSA) is 71.0 Å². The number of hydrogen-bond donors (Lipinski definition) is 2. The summed E-state index contributed by atoms with van der Waals surface area (Å²) in [6, 6.07) is 16.3. The Morgan fingerprint density at radius 2 is 1.97 bits per heavy atom. The zero-order valence-corrected chi connectivity index (χ0v) is 18.1. The van der Waals surface area contributed by atoms with Crippen molar-refractivity contribution in [2.75, 3.05) is 20.2 Å². The van der Waals surface area contributed by atoms with Crippen LogP contribution in [0.1, 0.15) is 36.8 Å². The fourth-order valence-corrected chi connectivity index (χ4v) is 4.58. The van der Waals surface area contributed by atoms with E-state index in [2.05, 4.69) is 22.3 Å². The monoisotopic (exact) mass is 424 g/mol. The van der Waals surface area contributed by atoms with Gasteiger partial charge >= 0.3 is 0 Å². The molecule has 1 fully saturated rings. The lowest BCUT2D eigenvalue weighted by Gasteiger charge is -2.35. The van der Waals surface area contributed by atoms with Crippen LogP contribution in [0, 0.1) is 0 Å². The summed E-state index contributed by atoms with van der Waals surface area (Å²) < 4.78 is 11.3. The van der Waals surface area contributed by atoms with Gasteiger partial charge in [0.05, 0.1) is 26.3 Å². The van der Waals surface area contributed by atoms with Gasteiger partial charge in [-0.15, -0.1) is 0 Å². The fraction of sp³-hybridized carbons (Fsp3) is 0.480. The normalized spacial score (nSPS) is 22.6. The number of rotatable bonds is 8. The summed E-state index contributed by atoms with van der Waals surface area (Å²) in [5.41, 5.74) is 2.31. The van der Waals surface area contributed by atoms with Crippen LogP contribution in [-0.4, -0.2) is 54.4 Å². The molecule has 0 spiro atoms. The number of aliphatic hydroxyl groups excluding tert-OH is 1. The van der Waals surface area contributed by atoms with Gasteiger partial charge in [-0.2, -0.15) is 0 Å². The van der Waals surface area contributed by atoms with E-state index in [1.807, 2.05) is 36.4 Å². The minimum absolute atomic E-state index is 0.00794. The second-order valence-corrected chi connectivity index (χ2v) is 8.57. The van der Waals surface area contributed by atoms with Crippen molar-refractivity contribution in [3.8, 4) is 11.5 Å². The van der Waals surface area contributed by atoms with Crippen molar-refractivity contribution in [2.24, 2.45) is 0 Å². The average molecular weight is 425 g/mol. The number of carbonyl (C=O) groups is 1. The molecule has 1 atom stereocenters. The van der Waals surface area contributed by atoms with Crippen LogP contribution in [0.3, 0.4) is 0 Å². The Bertz CT molecular complexity index is 854. The molecule has 1 aliphatic carbocycles. The molecule has 0 saturated heterocycles. The van der Waals surface area contributed by atoms with Gasteiger partial charge in [0.1, 0.15) is 17.6 Å². The number of methoxy groups -OCH3 is 1. The number of ether oxygens (including phenoxy) is 2. The lowest BCUT2D eigenvalue weighted by Crippen LogP contribution is -2.46. The van der Waals surface area contributed by atoms with E-state index in [-0.39, 0.29) is 24.2 Å². The highest BCUT2D eigenvalue weighted by Gasteiger charge is 2.27. The van der Waals surface area contributed by atoms with Crippen LogP contribution < -0.4 is 14.8 Å². The van der Waals surface area contributed by atoms with E-state index in [1.54, 1.807) is 7.11 Å². The molecule has 166 valence electrons. The first-order valence-corrected chi connectivity index (χ1v) is 11.2. The van der Waals surface area contributed by atoms with Crippen LogP contribution in [0.2, 0.25) is 0 Å². The average Bonchev–Trinajstić information content (AvgIpc) is 3.21. The minimum Gasteiger partial charge on any atom is -0.497 e. The summed E-state index contributed by atoms with van der Waals surface area (Å²) in [6.07, 6.45) is 3.97. The number of nitrogens with zero attached hydrogens (tertiary/aromatic N) is 1. The molecule has 1 aliphatic heterocycles. The molecule has 0 radical (unpaired) electrons. The third-order valence-corrected chi connectivity index (χ3v) is 6.29. The molecule has 0 bridgehead atoms. The molecular formula is C25H32N2O4. The fourth-order valence-electron chi connectivity index (χ4n) is 4.58.